The Bertz CT molecular complexity index is 972. The average molecular weight is 314 g/mol. The average Bonchev–Trinajstić information content (AvgIpc) is 2.90. The van der Waals surface area contributed by atoms with Crippen LogP contribution in [0.4, 0.5) is 5.69 Å². The Morgan fingerprint density at radius 3 is 2.54 bits per heavy atom. The summed E-state index contributed by atoms with van der Waals surface area (Å²) in [6.07, 6.45) is 3.61. The van der Waals surface area contributed by atoms with Gasteiger partial charge in [0.25, 0.3) is 5.91 Å². The topological polar surface area (TPSA) is 50.3 Å². The highest BCUT2D eigenvalue weighted by molar-refractivity contribution is 6.29. The van der Waals surface area contributed by atoms with E-state index in [1.165, 1.54) is 4.90 Å². The number of carbonyl (C=O) groups is 2. The van der Waals surface area contributed by atoms with Crippen molar-refractivity contribution in [1.29, 1.82) is 0 Å². The van der Waals surface area contributed by atoms with E-state index in [9.17, 15) is 9.59 Å². The van der Waals surface area contributed by atoms with E-state index >= 15 is 0 Å². The number of hydrogen-bond acceptors (Lipinski definition) is 3. The second-order valence-corrected chi connectivity index (χ2v) is 5.64. The summed E-state index contributed by atoms with van der Waals surface area (Å²) in [6, 6.07) is 18.7. The number of nitrogens with zero attached hydrogens (tertiary/aromatic N) is 2. The normalized spacial score (nSPS) is 16.3. The van der Waals surface area contributed by atoms with Gasteiger partial charge in [-0.1, -0.05) is 42.5 Å². The van der Waals surface area contributed by atoms with Gasteiger partial charge in [-0.3, -0.25) is 14.6 Å². The highest BCUT2D eigenvalue weighted by atomic mass is 16.2. The van der Waals surface area contributed by atoms with E-state index in [2.05, 4.69) is 4.98 Å². The molecule has 1 aliphatic rings. The van der Waals surface area contributed by atoms with Crippen LogP contribution in [-0.2, 0) is 9.59 Å². The third-order valence-corrected chi connectivity index (χ3v) is 4.08. The second kappa shape index (κ2) is 5.74. The van der Waals surface area contributed by atoms with Crippen molar-refractivity contribution in [1.82, 2.24) is 4.98 Å². The van der Waals surface area contributed by atoms with Crippen LogP contribution in [0.5, 0.6) is 0 Å². The number of para-hydroxylation sites is 2. The van der Waals surface area contributed by atoms with Gasteiger partial charge in [0, 0.05) is 22.7 Å². The molecule has 1 aliphatic heterocycles. The number of carbonyl (C=O) groups excluding carboxylic acids is 2. The summed E-state index contributed by atoms with van der Waals surface area (Å²) < 4.78 is 0. The smallest absolute Gasteiger partial charge is 0.261 e. The first-order chi connectivity index (χ1) is 11.7. The van der Waals surface area contributed by atoms with Crippen LogP contribution in [-0.4, -0.2) is 16.8 Å². The molecule has 0 bridgehead atoms. The van der Waals surface area contributed by atoms with Gasteiger partial charge in [-0.05, 0) is 24.3 Å². The maximum Gasteiger partial charge on any atom is 0.261 e. The summed E-state index contributed by atoms with van der Waals surface area (Å²) >= 11 is 0. The number of pyridine rings is 1. The first-order valence-electron chi connectivity index (χ1n) is 7.71. The van der Waals surface area contributed by atoms with Crippen molar-refractivity contribution in [2.24, 2.45) is 0 Å². The molecule has 2 aromatic carbocycles. The molecule has 1 aromatic heterocycles. The quantitative estimate of drug-likeness (QED) is 0.536. The monoisotopic (exact) mass is 314 g/mol. The minimum atomic E-state index is -0.265. The zero-order valence-corrected chi connectivity index (χ0v) is 12.8. The largest absolute Gasteiger partial charge is 0.274 e. The third kappa shape index (κ3) is 2.38. The lowest BCUT2D eigenvalue weighted by molar-refractivity contribution is -0.120. The fourth-order valence-electron chi connectivity index (χ4n) is 2.96. The van der Waals surface area contributed by atoms with Crippen molar-refractivity contribution in [3.63, 3.8) is 0 Å². The Morgan fingerprint density at radius 2 is 1.71 bits per heavy atom. The first kappa shape index (κ1) is 14.3. The minimum absolute atomic E-state index is 0.108. The molecular weight excluding hydrogens is 300 g/mol. The van der Waals surface area contributed by atoms with Crippen molar-refractivity contribution < 1.29 is 9.59 Å². The van der Waals surface area contributed by atoms with E-state index < -0.39 is 0 Å². The molecule has 0 atom stereocenters. The second-order valence-electron chi connectivity index (χ2n) is 5.64. The Hall–Kier alpha value is -3.27. The lowest BCUT2D eigenvalue weighted by Gasteiger charge is -2.12. The summed E-state index contributed by atoms with van der Waals surface area (Å²) in [5.41, 5.74) is 2.76. The molecule has 3 aromatic rings. The molecule has 0 saturated carbocycles. The molecule has 116 valence electrons. The molecule has 0 N–H and O–H groups in total. The molecule has 4 nitrogen and oxygen atoms in total. The predicted molar refractivity (Wildman–Crippen MR) is 93.3 cm³/mol. The fourth-order valence-corrected chi connectivity index (χ4v) is 2.96. The van der Waals surface area contributed by atoms with Gasteiger partial charge >= 0.3 is 0 Å². The highest BCUT2D eigenvalue weighted by Gasteiger charge is 2.34. The Kier molecular flexibility index (Phi) is 3.43. The molecule has 0 aliphatic carbocycles. The lowest BCUT2D eigenvalue weighted by atomic mass is 10.1. The molecule has 1 fully saturated rings. The number of benzene rings is 2. The molecule has 4 rings (SSSR count). The van der Waals surface area contributed by atoms with Crippen molar-refractivity contribution in [3.05, 3.63) is 78.0 Å². The van der Waals surface area contributed by atoms with Crippen molar-refractivity contribution in [2.45, 2.75) is 6.42 Å². The SMILES string of the molecule is O=C1C/C(=C\c2cccc3cccnc23)C(=O)N1c1ccccc1. The van der Waals surface area contributed by atoms with Gasteiger partial charge in [-0.25, -0.2) is 4.90 Å². The maximum absolute atomic E-state index is 12.7. The Labute approximate surface area is 139 Å². The Morgan fingerprint density at radius 1 is 0.917 bits per heavy atom. The summed E-state index contributed by atoms with van der Waals surface area (Å²) in [5, 5.41) is 1.00. The lowest BCUT2D eigenvalue weighted by Crippen LogP contribution is -2.28. The van der Waals surface area contributed by atoms with Gasteiger partial charge in [0.15, 0.2) is 0 Å². The molecule has 2 amide bonds. The summed E-state index contributed by atoms with van der Waals surface area (Å²) in [5.74, 6) is -0.468. The first-order valence-corrected chi connectivity index (χ1v) is 7.71. The van der Waals surface area contributed by atoms with Gasteiger partial charge in [-0.2, -0.15) is 0 Å². The van der Waals surface area contributed by atoms with Crippen LogP contribution in [0.2, 0.25) is 0 Å². The van der Waals surface area contributed by atoms with E-state index in [-0.39, 0.29) is 18.2 Å². The Balaban J connectivity index is 1.76. The molecule has 4 heteroatoms. The van der Waals surface area contributed by atoms with Gasteiger partial charge in [0.1, 0.15) is 0 Å². The van der Waals surface area contributed by atoms with Crippen molar-refractivity contribution in [2.75, 3.05) is 4.90 Å². The van der Waals surface area contributed by atoms with Crippen LogP contribution in [0.3, 0.4) is 0 Å². The number of aromatic nitrogens is 1. The van der Waals surface area contributed by atoms with Crippen LogP contribution >= 0.6 is 0 Å². The number of hydrogen-bond donors (Lipinski definition) is 0. The van der Waals surface area contributed by atoms with Crippen LogP contribution < -0.4 is 4.90 Å². The fraction of sp³-hybridized carbons (Fsp3) is 0.0500. The van der Waals surface area contributed by atoms with Crippen molar-refractivity contribution >= 4 is 34.5 Å². The van der Waals surface area contributed by atoms with E-state index in [0.29, 0.717) is 11.3 Å². The van der Waals surface area contributed by atoms with Gasteiger partial charge in [-0.15, -0.1) is 0 Å². The predicted octanol–water partition coefficient (Wildman–Crippen LogP) is 3.58. The highest BCUT2D eigenvalue weighted by Crippen LogP contribution is 2.28. The summed E-state index contributed by atoms with van der Waals surface area (Å²) in [6.45, 7) is 0. The number of amides is 2. The number of imide groups is 1. The van der Waals surface area contributed by atoms with E-state index in [1.807, 2.05) is 48.5 Å². The zero-order chi connectivity index (χ0) is 16.5. The molecule has 2 heterocycles. The summed E-state index contributed by atoms with van der Waals surface area (Å²) in [4.78, 5) is 30.6. The molecule has 0 spiro atoms. The van der Waals surface area contributed by atoms with Gasteiger partial charge in [0.2, 0.25) is 5.91 Å². The zero-order valence-electron chi connectivity index (χ0n) is 12.8. The van der Waals surface area contributed by atoms with Crippen LogP contribution in [0.25, 0.3) is 17.0 Å². The van der Waals surface area contributed by atoms with E-state index in [0.717, 1.165) is 16.5 Å². The van der Waals surface area contributed by atoms with Crippen LogP contribution in [0.15, 0.2) is 72.4 Å². The number of fused-ring (bicyclic) bond motifs is 1. The van der Waals surface area contributed by atoms with E-state index in [1.54, 1.807) is 24.4 Å². The number of anilines is 1. The molecular formula is C20H14N2O2. The standard InChI is InChI=1S/C20H14N2O2/c23-18-13-16(20(24)22(18)17-9-2-1-3-10-17)12-15-7-4-6-14-8-5-11-21-19(14)15/h1-12H,13H2/b16-12+. The number of rotatable bonds is 2. The van der Waals surface area contributed by atoms with Crippen LogP contribution in [0, 0.1) is 0 Å². The maximum atomic E-state index is 12.7. The van der Waals surface area contributed by atoms with Crippen LogP contribution in [0.1, 0.15) is 12.0 Å². The van der Waals surface area contributed by atoms with E-state index in [4.69, 9.17) is 0 Å². The third-order valence-electron chi connectivity index (χ3n) is 4.08. The van der Waals surface area contributed by atoms with Gasteiger partial charge < -0.3 is 0 Å². The molecule has 0 unspecified atom stereocenters. The molecule has 24 heavy (non-hydrogen) atoms. The molecule has 0 radical (unpaired) electrons. The van der Waals surface area contributed by atoms with Gasteiger partial charge in [0.05, 0.1) is 17.6 Å². The van der Waals surface area contributed by atoms with Crippen molar-refractivity contribution in [3.8, 4) is 0 Å². The summed E-state index contributed by atoms with van der Waals surface area (Å²) in [7, 11) is 0. The minimum Gasteiger partial charge on any atom is -0.274 e. The molecule has 1 saturated heterocycles.